The maximum Gasteiger partial charge on any atom is 0.318 e. The van der Waals surface area contributed by atoms with E-state index < -0.39 is 0 Å². The molecule has 5 heterocycles. The first-order valence-electron chi connectivity index (χ1n) is 13.3. The number of esters is 1. The predicted molar refractivity (Wildman–Crippen MR) is 143 cm³/mol. The maximum absolute atomic E-state index is 12.0. The van der Waals surface area contributed by atoms with Crippen molar-refractivity contribution < 1.29 is 14.3 Å². The Morgan fingerprint density at radius 2 is 2.05 bits per heavy atom. The molecule has 0 amide bonds. The second-order valence-electron chi connectivity index (χ2n) is 9.42. The lowest BCUT2D eigenvalue weighted by Gasteiger charge is -2.35. The third-order valence-electron chi connectivity index (χ3n) is 6.79. The summed E-state index contributed by atoms with van der Waals surface area (Å²) < 4.78 is 14.4. The number of rotatable bonds is 10. The highest BCUT2D eigenvalue weighted by molar-refractivity contribution is 5.70. The molecule has 1 atom stereocenters. The van der Waals surface area contributed by atoms with Gasteiger partial charge in [-0.1, -0.05) is 12.1 Å². The minimum atomic E-state index is -0.121. The Hall–Kier alpha value is -4.35. The number of aromatic nitrogens is 8. The Kier molecular flexibility index (Phi) is 8.09. The molecule has 0 saturated carbocycles. The van der Waals surface area contributed by atoms with Gasteiger partial charge in [0.1, 0.15) is 18.0 Å². The average molecular weight is 532 g/mol. The summed E-state index contributed by atoms with van der Waals surface area (Å²) in [6, 6.07) is 7.90. The van der Waals surface area contributed by atoms with Crippen molar-refractivity contribution in [2.24, 2.45) is 13.0 Å². The number of nitrogens with zero attached hydrogens (tertiary/aromatic N) is 9. The lowest BCUT2D eigenvalue weighted by atomic mass is 9.94. The molecular weight excluding hydrogens is 498 g/mol. The van der Waals surface area contributed by atoms with Crippen LogP contribution in [0.2, 0.25) is 0 Å². The van der Waals surface area contributed by atoms with Gasteiger partial charge >= 0.3 is 12.0 Å². The summed E-state index contributed by atoms with van der Waals surface area (Å²) in [5, 5.41) is 12.8. The average Bonchev–Trinajstić information content (AvgIpc) is 3.62. The van der Waals surface area contributed by atoms with Crippen LogP contribution in [0, 0.1) is 5.92 Å². The largest absolute Gasteiger partial charge is 0.466 e. The van der Waals surface area contributed by atoms with E-state index in [0.717, 1.165) is 55.1 Å². The van der Waals surface area contributed by atoms with Crippen molar-refractivity contribution in [2.75, 3.05) is 24.6 Å². The molecule has 0 aromatic carbocycles. The van der Waals surface area contributed by atoms with E-state index in [1.165, 1.54) is 0 Å². The van der Waals surface area contributed by atoms with Crippen LogP contribution in [0.3, 0.4) is 0 Å². The molecule has 12 heteroatoms. The minimum Gasteiger partial charge on any atom is -0.466 e. The number of ether oxygens (including phenoxy) is 2. The molecule has 0 bridgehead atoms. The fourth-order valence-electron chi connectivity index (χ4n) is 4.88. The van der Waals surface area contributed by atoms with Crippen LogP contribution in [0.4, 0.5) is 5.69 Å². The van der Waals surface area contributed by atoms with Gasteiger partial charge in [-0.05, 0) is 50.3 Å². The van der Waals surface area contributed by atoms with Gasteiger partial charge in [0, 0.05) is 44.8 Å². The topological polar surface area (TPSA) is 126 Å². The number of carbonyl (C=O) groups excluding carboxylic acids is 1. The SMILES string of the molecule is CCOC(=O)CC1CCCN(c2ccc(-c3nnn(C)c3COc3nccc(-n4cccn4)n3)nc2CC)C1. The quantitative estimate of drug-likeness (QED) is 0.282. The summed E-state index contributed by atoms with van der Waals surface area (Å²) in [4.78, 5) is 28.0. The third-order valence-corrected chi connectivity index (χ3v) is 6.79. The molecule has 39 heavy (non-hydrogen) atoms. The molecule has 0 spiro atoms. The zero-order valence-electron chi connectivity index (χ0n) is 22.5. The van der Waals surface area contributed by atoms with Crippen LogP contribution in [-0.4, -0.2) is 65.4 Å². The van der Waals surface area contributed by atoms with Crippen LogP contribution in [-0.2, 0) is 29.6 Å². The molecule has 12 nitrogen and oxygen atoms in total. The second kappa shape index (κ2) is 12.0. The van der Waals surface area contributed by atoms with Crippen molar-refractivity contribution in [1.82, 2.24) is 39.7 Å². The fourth-order valence-corrected chi connectivity index (χ4v) is 4.88. The molecule has 1 aliphatic heterocycles. The van der Waals surface area contributed by atoms with Crippen molar-refractivity contribution in [3.05, 3.63) is 54.2 Å². The number of hydrogen-bond acceptors (Lipinski definition) is 10. The number of carbonyl (C=O) groups is 1. The highest BCUT2D eigenvalue weighted by atomic mass is 16.5. The Balaban J connectivity index is 1.32. The van der Waals surface area contributed by atoms with E-state index in [-0.39, 0.29) is 24.5 Å². The van der Waals surface area contributed by atoms with Gasteiger partial charge in [0.15, 0.2) is 5.82 Å². The summed E-state index contributed by atoms with van der Waals surface area (Å²) in [6.07, 6.45) is 8.40. The van der Waals surface area contributed by atoms with Crippen molar-refractivity contribution >= 4 is 11.7 Å². The molecule has 1 aliphatic rings. The minimum absolute atomic E-state index is 0.121. The van der Waals surface area contributed by atoms with Crippen molar-refractivity contribution in [1.29, 1.82) is 0 Å². The third kappa shape index (κ3) is 6.05. The highest BCUT2D eigenvalue weighted by Crippen LogP contribution is 2.30. The van der Waals surface area contributed by atoms with Crippen molar-refractivity contribution in [2.45, 2.75) is 46.1 Å². The Bertz CT molecular complexity index is 1400. The molecule has 204 valence electrons. The van der Waals surface area contributed by atoms with E-state index in [4.69, 9.17) is 14.5 Å². The van der Waals surface area contributed by atoms with E-state index in [1.54, 1.807) is 34.0 Å². The molecular formula is C27H33N9O3. The summed E-state index contributed by atoms with van der Waals surface area (Å²) in [6.45, 7) is 6.29. The van der Waals surface area contributed by atoms with Gasteiger partial charge in [-0.25, -0.2) is 19.3 Å². The van der Waals surface area contributed by atoms with Crippen molar-refractivity contribution in [3.8, 4) is 23.2 Å². The number of piperidine rings is 1. The van der Waals surface area contributed by atoms with Crippen molar-refractivity contribution in [3.63, 3.8) is 0 Å². The van der Waals surface area contributed by atoms with Gasteiger partial charge in [0.2, 0.25) is 0 Å². The zero-order chi connectivity index (χ0) is 27.2. The van der Waals surface area contributed by atoms with Gasteiger partial charge in [-0.2, -0.15) is 10.1 Å². The maximum atomic E-state index is 12.0. The summed E-state index contributed by atoms with van der Waals surface area (Å²) in [5.74, 6) is 0.768. The van der Waals surface area contributed by atoms with Gasteiger partial charge in [-0.15, -0.1) is 5.10 Å². The first-order chi connectivity index (χ1) is 19.1. The zero-order valence-corrected chi connectivity index (χ0v) is 22.5. The standard InChI is InChI=1S/C27H33N9O3/c1-4-20-22(35-14-6-8-19(17-35)16-25(37)38-5-2)10-9-21(30-20)26-23(34(3)33-32-26)18-39-27-28-13-11-24(31-27)36-15-7-12-29-36/h7,9-13,15,19H,4-6,8,14,16-18H2,1-3H3. The van der Waals surface area contributed by atoms with Crippen LogP contribution in [0.25, 0.3) is 17.2 Å². The number of anilines is 1. The first kappa shape index (κ1) is 26.3. The number of pyridine rings is 1. The van der Waals surface area contributed by atoms with Crippen LogP contribution in [0.5, 0.6) is 6.01 Å². The highest BCUT2D eigenvalue weighted by Gasteiger charge is 2.25. The fraction of sp³-hybridized carbons (Fsp3) is 0.444. The summed E-state index contributed by atoms with van der Waals surface area (Å²) in [7, 11) is 1.82. The monoisotopic (exact) mass is 531 g/mol. The van der Waals surface area contributed by atoms with Gasteiger partial charge < -0.3 is 14.4 Å². The molecule has 0 aliphatic carbocycles. The van der Waals surface area contributed by atoms with Crippen LogP contribution >= 0.6 is 0 Å². The summed E-state index contributed by atoms with van der Waals surface area (Å²) >= 11 is 0. The summed E-state index contributed by atoms with van der Waals surface area (Å²) in [5.41, 5.74) is 4.23. The van der Waals surface area contributed by atoms with E-state index in [0.29, 0.717) is 24.5 Å². The smallest absolute Gasteiger partial charge is 0.318 e. The lowest BCUT2D eigenvalue weighted by Crippen LogP contribution is -2.37. The Labute approximate surface area is 227 Å². The van der Waals surface area contributed by atoms with Crippen LogP contribution in [0.1, 0.15) is 44.5 Å². The predicted octanol–water partition coefficient (Wildman–Crippen LogP) is 3.16. The molecule has 0 N–H and O–H groups in total. The lowest BCUT2D eigenvalue weighted by molar-refractivity contribution is -0.144. The van der Waals surface area contributed by atoms with E-state index in [2.05, 4.69) is 43.3 Å². The normalized spacial score (nSPS) is 15.4. The van der Waals surface area contributed by atoms with E-state index >= 15 is 0 Å². The van der Waals surface area contributed by atoms with Gasteiger partial charge in [0.25, 0.3) is 0 Å². The van der Waals surface area contributed by atoms with Crippen LogP contribution < -0.4 is 9.64 Å². The van der Waals surface area contributed by atoms with Gasteiger partial charge in [0.05, 0.1) is 30.1 Å². The number of hydrogen-bond donors (Lipinski definition) is 0. The number of aryl methyl sites for hydroxylation is 2. The van der Waals surface area contributed by atoms with Crippen LogP contribution in [0.15, 0.2) is 42.9 Å². The molecule has 1 saturated heterocycles. The molecule has 1 unspecified atom stereocenters. The molecule has 4 aromatic heterocycles. The Morgan fingerprint density at radius 3 is 2.85 bits per heavy atom. The molecule has 4 aromatic rings. The second-order valence-corrected chi connectivity index (χ2v) is 9.42. The van der Waals surface area contributed by atoms with Gasteiger partial charge in [-0.3, -0.25) is 4.79 Å². The molecule has 1 fully saturated rings. The Morgan fingerprint density at radius 1 is 1.15 bits per heavy atom. The van der Waals surface area contributed by atoms with E-state index in [1.807, 2.05) is 26.1 Å². The first-order valence-corrected chi connectivity index (χ1v) is 13.3. The van der Waals surface area contributed by atoms with E-state index in [9.17, 15) is 4.79 Å². The molecule has 0 radical (unpaired) electrons. The molecule has 5 rings (SSSR count).